The minimum absolute atomic E-state index is 0.0365. The van der Waals surface area contributed by atoms with Crippen molar-refractivity contribution >= 4 is 29.3 Å². The van der Waals surface area contributed by atoms with Crippen LogP contribution in [0.4, 0.5) is 21.0 Å². The quantitative estimate of drug-likeness (QED) is 0.509. The van der Waals surface area contributed by atoms with E-state index in [1.54, 1.807) is 29.2 Å². The molecule has 1 saturated carbocycles. The Balaban J connectivity index is 1.44. The molecule has 5 amide bonds. The molecule has 1 aliphatic carbocycles. The third-order valence-electron chi connectivity index (χ3n) is 6.18. The van der Waals surface area contributed by atoms with Crippen LogP contribution in [0.2, 0.25) is 0 Å². The van der Waals surface area contributed by atoms with E-state index in [9.17, 15) is 14.4 Å². The summed E-state index contributed by atoms with van der Waals surface area (Å²) in [7, 11) is 0. The Morgan fingerprint density at radius 1 is 0.969 bits per heavy atom. The summed E-state index contributed by atoms with van der Waals surface area (Å²) in [5.74, 6) is 0.424. The number of nitrogens with one attached hydrogen (secondary N) is 4. The number of benzene rings is 1. The number of carbonyl (C=O) groups excluding carboxylic acids is 3. The lowest BCUT2D eigenvalue weighted by Gasteiger charge is -2.32. The minimum Gasteiger partial charge on any atom is -0.356 e. The van der Waals surface area contributed by atoms with Gasteiger partial charge in [0.1, 0.15) is 0 Å². The molecule has 1 atom stereocenters. The highest BCUT2D eigenvalue weighted by atomic mass is 16.2. The smallest absolute Gasteiger partial charge is 0.321 e. The van der Waals surface area contributed by atoms with E-state index in [0.29, 0.717) is 36.9 Å². The molecule has 2 aliphatic rings. The van der Waals surface area contributed by atoms with Crippen LogP contribution < -0.4 is 21.3 Å². The van der Waals surface area contributed by atoms with Gasteiger partial charge in [0.15, 0.2) is 0 Å². The van der Waals surface area contributed by atoms with Crippen LogP contribution in [0.25, 0.3) is 0 Å². The van der Waals surface area contributed by atoms with E-state index in [4.69, 9.17) is 0 Å². The van der Waals surface area contributed by atoms with Crippen LogP contribution in [0.3, 0.4) is 0 Å². The lowest BCUT2D eigenvalue weighted by Crippen LogP contribution is -2.47. The van der Waals surface area contributed by atoms with Gasteiger partial charge in [-0.3, -0.25) is 4.79 Å². The number of anilines is 2. The second kappa shape index (κ2) is 11.7. The van der Waals surface area contributed by atoms with Gasteiger partial charge in [0.25, 0.3) is 0 Å². The van der Waals surface area contributed by atoms with Crippen molar-refractivity contribution in [3.63, 3.8) is 0 Å². The van der Waals surface area contributed by atoms with Gasteiger partial charge in [-0.15, -0.1) is 0 Å². The minimum atomic E-state index is -0.204. The largest absolute Gasteiger partial charge is 0.356 e. The summed E-state index contributed by atoms with van der Waals surface area (Å²) >= 11 is 0. The van der Waals surface area contributed by atoms with Crippen molar-refractivity contribution in [2.45, 2.75) is 64.8 Å². The average Bonchev–Trinajstić information content (AvgIpc) is 3.27. The van der Waals surface area contributed by atoms with Gasteiger partial charge in [-0.25, -0.2) is 9.59 Å². The van der Waals surface area contributed by atoms with Crippen molar-refractivity contribution in [2.24, 2.45) is 11.8 Å². The molecule has 8 heteroatoms. The highest BCUT2D eigenvalue weighted by Crippen LogP contribution is 2.20. The first-order valence-electron chi connectivity index (χ1n) is 11.9. The molecular formula is C24H37N5O3. The maximum Gasteiger partial charge on any atom is 0.321 e. The zero-order valence-electron chi connectivity index (χ0n) is 19.3. The summed E-state index contributed by atoms with van der Waals surface area (Å²) in [5.41, 5.74) is 1.33. The second-order valence-corrected chi connectivity index (χ2v) is 9.35. The molecular weight excluding hydrogens is 406 g/mol. The van der Waals surface area contributed by atoms with Gasteiger partial charge < -0.3 is 26.2 Å². The summed E-state index contributed by atoms with van der Waals surface area (Å²) in [6, 6.07) is 6.94. The van der Waals surface area contributed by atoms with Gasteiger partial charge in [-0.05, 0) is 62.3 Å². The molecule has 1 saturated heterocycles. The summed E-state index contributed by atoms with van der Waals surface area (Å²) in [6.07, 6.45) is 6.98. The Bertz CT molecular complexity index is 774. The van der Waals surface area contributed by atoms with Gasteiger partial charge in [-0.1, -0.05) is 26.7 Å². The first-order chi connectivity index (χ1) is 15.4. The number of amides is 5. The molecule has 0 unspecified atom stereocenters. The third kappa shape index (κ3) is 7.43. The second-order valence-electron chi connectivity index (χ2n) is 9.35. The Morgan fingerprint density at radius 2 is 1.62 bits per heavy atom. The van der Waals surface area contributed by atoms with Crippen LogP contribution in [0.1, 0.15) is 58.8 Å². The van der Waals surface area contributed by atoms with Crippen molar-refractivity contribution < 1.29 is 14.4 Å². The van der Waals surface area contributed by atoms with Crippen LogP contribution in [0.5, 0.6) is 0 Å². The van der Waals surface area contributed by atoms with Gasteiger partial charge in [0.05, 0.1) is 5.92 Å². The molecule has 0 aromatic heterocycles. The molecule has 0 radical (unpaired) electrons. The molecule has 176 valence electrons. The Kier molecular flexibility index (Phi) is 8.76. The summed E-state index contributed by atoms with van der Waals surface area (Å²) in [5, 5.41) is 11.7. The van der Waals surface area contributed by atoms with E-state index < -0.39 is 0 Å². The SMILES string of the molecule is CC(C)CCNC(=O)[C@H]1CCCN(C(=O)Nc2ccc(NC(=O)NC3CCCC3)cc2)C1. The maximum absolute atomic E-state index is 12.7. The van der Waals surface area contributed by atoms with Crippen LogP contribution >= 0.6 is 0 Å². The van der Waals surface area contributed by atoms with Crippen molar-refractivity contribution in [1.29, 1.82) is 0 Å². The highest BCUT2D eigenvalue weighted by Gasteiger charge is 2.28. The van der Waals surface area contributed by atoms with Crippen LogP contribution in [-0.4, -0.2) is 48.5 Å². The first-order valence-corrected chi connectivity index (χ1v) is 11.9. The van der Waals surface area contributed by atoms with Crippen molar-refractivity contribution in [3.8, 4) is 0 Å². The fourth-order valence-corrected chi connectivity index (χ4v) is 4.27. The summed E-state index contributed by atoms with van der Waals surface area (Å²) < 4.78 is 0. The van der Waals surface area contributed by atoms with Gasteiger partial charge >= 0.3 is 12.1 Å². The number of piperidine rings is 1. The molecule has 1 aromatic rings. The van der Waals surface area contributed by atoms with Crippen molar-refractivity contribution in [1.82, 2.24) is 15.5 Å². The summed E-state index contributed by atoms with van der Waals surface area (Å²) in [4.78, 5) is 38.9. The summed E-state index contributed by atoms with van der Waals surface area (Å²) in [6.45, 7) is 6.01. The number of nitrogens with zero attached hydrogens (tertiary/aromatic N) is 1. The fraction of sp³-hybridized carbons (Fsp3) is 0.625. The third-order valence-corrected chi connectivity index (χ3v) is 6.18. The Morgan fingerprint density at radius 3 is 2.28 bits per heavy atom. The monoisotopic (exact) mass is 443 g/mol. The first kappa shape index (κ1) is 23.9. The standard InChI is InChI=1S/C24H37N5O3/c1-17(2)13-14-25-22(30)18-6-5-15-29(16-18)24(32)28-21-11-9-20(10-12-21)27-23(31)26-19-7-3-4-8-19/h9-12,17-19H,3-8,13-16H2,1-2H3,(H,25,30)(H,28,32)(H2,26,27,31)/t18-/m0/s1. The number of hydrogen-bond donors (Lipinski definition) is 4. The van der Waals surface area contributed by atoms with Crippen molar-refractivity contribution in [2.75, 3.05) is 30.3 Å². The van der Waals surface area contributed by atoms with E-state index in [-0.39, 0.29) is 29.9 Å². The predicted molar refractivity (Wildman–Crippen MR) is 127 cm³/mol. The molecule has 32 heavy (non-hydrogen) atoms. The van der Waals surface area contributed by atoms with E-state index >= 15 is 0 Å². The van der Waals surface area contributed by atoms with E-state index in [1.807, 2.05) is 0 Å². The number of rotatable bonds is 7. The van der Waals surface area contributed by atoms with Crippen molar-refractivity contribution in [3.05, 3.63) is 24.3 Å². The number of hydrogen-bond acceptors (Lipinski definition) is 3. The van der Waals surface area contributed by atoms with Gasteiger partial charge in [0, 0.05) is 37.1 Å². The molecule has 3 rings (SSSR count). The predicted octanol–water partition coefficient (Wildman–Crippen LogP) is 4.16. The zero-order valence-corrected chi connectivity index (χ0v) is 19.3. The Hall–Kier alpha value is -2.77. The highest BCUT2D eigenvalue weighted by molar-refractivity contribution is 5.92. The number of urea groups is 2. The van der Waals surface area contributed by atoms with E-state index in [1.165, 1.54) is 12.8 Å². The number of likely N-dealkylation sites (tertiary alicyclic amines) is 1. The topological polar surface area (TPSA) is 103 Å². The van der Waals surface area contributed by atoms with Crippen LogP contribution in [-0.2, 0) is 4.79 Å². The molecule has 2 fully saturated rings. The van der Waals surface area contributed by atoms with E-state index in [0.717, 1.165) is 32.1 Å². The zero-order chi connectivity index (χ0) is 22.9. The van der Waals surface area contributed by atoms with Gasteiger partial charge in [-0.2, -0.15) is 0 Å². The molecule has 1 aromatic carbocycles. The maximum atomic E-state index is 12.7. The van der Waals surface area contributed by atoms with Gasteiger partial charge in [0.2, 0.25) is 5.91 Å². The lowest BCUT2D eigenvalue weighted by molar-refractivity contribution is -0.126. The number of carbonyl (C=O) groups is 3. The van der Waals surface area contributed by atoms with Crippen LogP contribution in [0, 0.1) is 11.8 Å². The fourth-order valence-electron chi connectivity index (χ4n) is 4.27. The normalized spacial score (nSPS) is 19.0. The average molecular weight is 444 g/mol. The molecule has 8 nitrogen and oxygen atoms in total. The molecule has 1 heterocycles. The van der Waals surface area contributed by atoms with E-state index in [2.05, 4.69) is 35.1 Å². The molecule has 4 N–H and O–H groups in total. The molecule has 0 spiro atoms. The lowest BCUT2D eigenvalue weighted by atomic mass is 9.97. The Labute approximate surface area is 190 Å². The molecule has 1 aliphatic heterocycles. The molecule has 0 bridgehead atoms. The van der Waals surface area contributed by atoms with Crippen LogP contribution in [0.15, 0.2) is 24.3 Å².